The van der Waals surface area contributed by atoms with Gasteiger partial charge in [-0.2, -0.15) is 19.2 Å². The molecular formula is C13H10F3Li. The molecule has 0 aliphatic heterocycles. The Morgan fingerprint density at radius 1 is 1.12 bits per heavy atom. The summed E-state index contributed by atoms with van der Waals surface area (Å²) in [6, 6.07) is 5.27. The van der Waals surface area contributed by atoms with Crippen molar-refractivity contribution in [2.24, 2.45) is 0 Å². The number of benzene rings is 1. The van der Waals surface area contributed by atoms with Gasteiger partial charge in [0.1, 0.15) is 0 Å². The average Bonchev–Trinajstić information content (AvgIpc) is 2.70. The van der Waals surface area contributed by atoms with E-state index in [0.717, 1.165) is 29.7 Å². The van der Waals surface area contributed by atoms with Gasteiger partial charge in [-0.3, -0.25) is 6.08 Å². The van der Waals surface area contributed by atoms with E-state index in [1.54, 1.807) is 0 Å². The zero-order valence-corrected chi connectivity index (χ0v) is 9.51. The molecule has 0 saturated heterocycles. The van der Waals surface area contributed by atoms with Gasteiger partial charge in [0.15, 0.2) is 0 Å². The summed E-state index contributed by atoms with van der Waals surface area (Å²) >= 11 is 0. The minimum Gasteiger partial charge on any atom is -0.269 e. The van der Waals surface area contributed by atoms with Crippen LogP contribution in [0.4, 0.5) is 13.2 Å². The Bertz CT molecular complexity index is 427. The van der Waals surface area contributed by atoms with Crippen LogP contribution in [0.1, 0.15) is 17.5 Å². The van der Waals surface area contributed by atoms with E-state index in [1.165, 1.54) is 12.1 Å². The molecule has 0 heterocycles. The number of hydrogen-bond acceptors (Lipinski definition) is 0. The first-order valence-electron chi connectivity index (χ1n) is 4.98. The molecule has 0 radical (unpaired) electrons. The van der Waals surface area contributed by atoms with Crippen molar-refractivity contribution in [1.29, 1.82) is 0 Å². The Labute approximate surface area is 110 Å². The molecule has 0 saturated carbocycles. The van der Waals surface area contributed by atoms with Crippen molar-refractivity contribution in [3.63, 3.8) is 0 Å². The summed E-state index contributed by atoms with van der Waals surface area (Å²) in [5, 5.41) is 0. The first kappa shape index (κ1) is 14.1. The van der Waals surface area contributed by atoms with Gasteiger partial charge in [0.25, 0.3) is 0 Å². The van der Waals surface area contributed by atoms with Gasteiger partial charge in [0.2, 0.25) is 0 Å². The van der Waals surface area contributed by atoms with Crippen LogP contribution in [0.15, 0.2) is 42.0 Å². The molecule has 0 unspecified atom stereocenters. The van der Waals surface area contributed by atoms with E-state index in [-0.39, 0.29) is 18.9 Å². The second kappa shape index (κ2) is 5.62. The summed E-state index contributed by atoms with van der Waals surface area (Å²) in [7, 11) is 0. The van der Waals surface area contributed by atoms with Gasteiger partial charge >= 0.3 is 25.0 Å². The molecule has 0 spiro atoms. The maximum Gasteiger partial charge on any atom is 1.00 e. The zero-order chi connectivity index (χ0) is 11.6. The third-order valence-electron chi connectivity index (χ3n) is 2.44. The number of allylic oxidation sites excluding steroid dienone is 4. The van der Waals surface area contributed by atoms with E-state index in [2.05, 4.69) is 6.08 Å². The number of hydrogen-bond donors (Lipinski definition) is 0. The topological polar surface area (TPSA) is 0 Å². The molecule has 2 rings (SSSR count). The van der Waals surface area contributed by atoms with Gasteiger partial charge in [-0.25, -0.2) is 11.6 Å². The summed E-state index contributed by atoms with van der Waals surface area (Å²) in [6.07, 6.45) is 4.27. The van der Waals surface area contributed by atoms with Crippen LogP contribution in [0.3, 0.4) is 0 Å². The maximum absolute atomic E-state index is 12.3. The summed E-state index contributed by atoms with van der Waals surface area (Å²) in [4.78, 5) is 0. The van der Waals surface area contributed by atoms with Crippen LogP contribution in [0, 0.1) is 6.08 Å². The predicted octanol–water partition coefficient (Wildman–Crippen LogP) is 0.941. The minimum absolute atomic E-state index is 0. The van der Waals surface area contributed by atoms with E-state index in [4.69, 9.17) is 0 Å². The number of alkyl halides is 3. The fourth-order valence-corrected chi connectivity index (χ4v) is 1.60. The number of halogens is 3. The third kappa shape index (κ3) is 3.80. The molecule has 0 aromatic heterocycles. The van der Waals surface area contributed by atoms with Crippen molar-refractivity contribution < 1.29 is 32.0 Å². The van der Waals surface area contributed by atoms with Gasteiger partial charge in [0, 0.05) is 0 Å². The van der Waals surface area contributed by atoms with Crippen molar-refractivity contribution in [3.8, 4) is 0 Å². The fraction of sp³-hybridized carbons (Fsp3) is 0.231. The van der Waals surface area contributed by atoms with Gasteiger partial charge in [-0.1, -0.05) is 12.1 Å². The summed E-state index contributed by atoms with van der Waals surface area (Å²) in [5.41, 5.74) is 1.32. The normalized spacial score (nSPS) is 14.4. The predicted molar refractivity (Wildman–Crippen MR) is 55.7 cm³/mol. The average molecular weight is 230 g/mol. The van der Waals surface area contributed by atoms with E-state index in [9.17, 15) is 13.2 Å². The molecule has 0 bridgehead atoms. The monoisotopic (exact) mass is 230 g/mol. The van der Waals surface area contributed by atoms with Crippen LogP contribution in [0.2, 0.25) is 0 Å². The van der Waals surface area contributed by atoms with E-state index in [1.807, 2.05) is 12.2 Å². The van der Waals surface area contributed by atoms with E-state index in [0.29, 0.717) is 6.42 Å². The van der Waals surface area contributed by atoms with E-state index < -0.39 is 11.7 Å². The molecule has 0 nitrogen and oxygen atoms in total. The molecule has 4 heteroatoms. The van der Waals surface area contributed by atoms with Crippen LogP contribution < -0.4 is 18.9 Å². The molecule has 1 aromatic carbocycles. The summed E-state index contributed by atoms with van der Waals surface area (Å²) in [6.45, 7) is 0. The van der Waals surface area contributed by atoms with Crippen molar-refractivity contribution in [2.45, 2.75) is 19.0 Å². The first-order chi connectivity index (χ1) is 7.55. The minimum atomic E-state index is -4.25. The van der Waals surface area contributed by atoms with Gasteiger partial charge in [0.05, 0.1) is 5.56 Å². The summed E-state index contributed by atoms with van der Waals surface area (Å²) < 4.78 is 36.9. The largest absolute Gasteiger partial charge is 1.00 e. The van der Waals surface area contributed by atoms with Crippen molar-refractivity contribution in [1.82, 2.24) is 0 Å². The molecule has 1 aromatic rings. The Kier molecular flexibility index (Phi) is 4.68. The Morgan fingerprint density at radius 3 is 2.24 bits per heavy atom. The molecule has 0 amide bonds. The Balaban J connectivity index is 0.00000144. The van der Waals surface area contributed by atoms with Crippen molar-refractivity contribution in [3.05, 3.63) is 59.2 Å². The van der Waals surface area contributed by atoms with Crippen LogP contribution in [0.5, 0.6) is 0 Å². The van der Waals surface area contributed by atoms with Gasteiger partial charge < -0.3 is 0 Å². The van der Waals surface area contributed by atoms with Crippen molar-refractivity contribution in [2.75, 3.05) is 0 Å². The summed E-state index contributed by atoms with van der Waals surface area (Å²) in [5.74, 6) is 0. The molecule has 84 valence electrons. The molecule has 1 aliphatic rings. The molecular weight excluding hydrogens is 220 g/mol. The zero-order valence-electron chi connectivity index (χ0n) is 9.51. The van der Waals surface area contributed by atoms with Crippen LogP contribution >= 0.6 is 0 Å². The molecule has 1 aliphatic carbocycles. The Morgan fingerprint density at radius 2 is 1.76 bits per heavy atom. The van der Waals surface area contributed by atoms with Crippen molar-refractivity contribution >= 4 is 0 Å². The Hall–Kier alpha value is -0.913. The molecule has 0 N–H and O–H groups in total. The first-order valence-corrected chi connectivity index (χ1v) is 4.98. The second-order valence-corrected chi connectivity index (χ2v) is 3.68. The van der Waals surface area contributed by atoms with Gasteiger partial charge in [-0.05, 0) is 24.1 Å². The van der Waals surface area contributed by atoms with Crippen LogP contribution in [0.25, 0.3) is 0 Å². The molecule has 17 heavy (non-hydrogen) atoms. The quantitative estimate of drug-likeness (QED) is 0.524. The van der Waals surface area contributed by atoms with Gasteiger partial charge in [-0.15, -0.1) is 6.42 Å². The molecule has 0 fully saturated rings. The fourth-order valence-electron chi connectivity index (χ4n) is 1.60. The number of rotatable bonds is 2. The van der Waals surface area contributed by atoms with Crippen LogP contribution in [-0.2, 0) is 12.6 Å². The SMILES string of the molecule is FC(F)(F)c1ccc(CC2=[C-]CC=C2)cc1.[Li+]. The maximum atomic E-state index is 12.3. The second-order valence-electron chi connectivity index (χ2n) is 3.68. The third-order valence-corrected chi connectivity index (χ3v) is 2.44. The molecule has 0 atom stereocenters. The standard InChI is InChI=1S/C13H10F3.Li/c14-13(15,16)12-7-5-11(6-8-12)9-10-3-1-2-4-10;/h1,3,5-8H,2,9H2;/q-1;+1. The van der Waals surface area contributed by atoms with Crippen LogP contribution in [-0.4, -0.2) is 0 Å². The van der Waals surface area contributed by atoms with E-state index >= 15 is 0 Å². The smallest absolute Gasteiger partial charge is 0.269 e.